The Morgan fingerprint density at radius 3 is 1.54 bits per heavy atom. The van der Waals surface area contributed by atoms with Crippen LogP contribution in [0.25, 0.3) is 0 Å². The molecular weight excluding hydrogens is 472 g/mol. The summed E-state index contributed by atoms with van der Waals surface area (Å²) >= 11 is 0. The summed E-state index contributed by atoms with van der Waals surface area (Å²) in [5.41, 5.74) is 1.90. The smallest absolute Gasteiger partial charge is 0.303 e. The number of carbonyl (C=O) groups is 1. The number of ether oxygens (including phenoxy) is 6. The van der Waals surface area contributed by atoms with Crippen molar-refractivity contribution in [1.29, 1.82) is 0 Å². The Morgan fingerprint density at radius 1 is 0.703 bits per heavy atom. The van der Waals surface area contributed by atoms with Crippen molar-refractivity contribution in [3.8, 4) is 0 Å². The Bertz CT molecular complexity index is 1010. The highest BCUT2D eigenvalue weighted by Crippen LogP contribution is 2.41. The third-order valence-electron chi connectivity index (χ3n) is 6.67. The first kappa shape index (κ1) is 27.0. The predicted molar refractivity (Wildman–Crippen MR) is 138 cm³/mol. The molecule has 1 heterocycles. The molecule has 0 saturated carbocycles. The third kappa shape index (κ3) is 5.61. The molecule has 1 saturated heterocycles. The van der Waals surface area contributed by atoms with Crippen molar-refractivity contribution in [2.24, 2.45) is 0 Å². The van der Waals surface area contributed by atoms with Gasteiger partial charge in [-0.15, -0.1) is 0 Å². The number of rotatable bonds is 10. The van der Waals surface area contributed by atoms with Crippen LogP contribution in [-0.4, -0.2) is 64.6 Å². The molecule has 5 atom stereocenters. The molecule has 1 fully saturated rings. The summed E-state index contributed by atoms with van der Waals surface area (Å²) < 4.78 is 35.8. The fourth-order valence-corrected chi connectivity index (χ4v) is 5.03. The van der Waals surface area contributed by atoms with Gasteiger partial charge in [-0.3, -0.25) is 4.79 Å². The summed E-state index contributed by atoms with van der Waals surface area (Å²) in [4.78, 5) is 12.1. The Morgan fingerprint density at radius 2 is 1.16 bits per heavy atom. The van der Waals surface area contributed by atoms with Crippen LogP contribution in [0.1, 0.15) is 23.6 Å². The number of benzene rings is 3. The molecule has 0 spiro atoms. The van der Waals surface area contributed by atoms with E-state index < -0.39 is 42.3 Å². The molecular formula is C30H34O7. The van der Waals surface area contributed by atoms with Crippen LogP contribution in [0.3, 0.4) is 0 Å². The van der Waals surface area contributed by atoms with Gasteiger partial charge in [-0.25, -0.2) is 0 Å². The standard InChI is InChI=1S/C30H34O7/c1-21(31)36-26-25(37-29(34-4)28(33-3)27(26)32-2)20-35-30(22-14-8-5-9-15-22,23-16-10-6-11-17-23)24-18-12-7-13-19-24/h5-19,25-29H,20H2,1-4H3/t25-,26+,27+,28+,29-/m0/s1. The van der Waals surface area contributed by atoms with Gasteiger partial charge in [0.1, 0.15) is 23.9 Å². The molecule has 7 heteroatoms. The van der Waals surface area contributed by atoms with Crippen molar-refractivity contribution in [1.82, 2.24) is 0 Å². The van der Waals surface area contributed by atoms with Gasteiger partial charge in [0, 0.05) is 28.3 Å². The van der Waals surface area contributed by atoms with Crippen LogP contribution in [0.4, 0.5) is 0 Å². The van der Waals surface area contributed by atoms with Gasteiger partial charge < -0.3 is 28.4 Å². The number of hydrogen-bond donors (Lipinski definition) is 0. The molecule has 0 radical (unpaired) electrons. The van der Waals surface area contributed by atoms with Crippen LogP contribution in [0.5, 0.6) is 0 Å². The Balaban J connectivity index is 1.79. The number of carbonyl (C=O) groups excluding carboxylic acids is 1. The summed E-state index contributed by atoms with van der Waals surface area (Å²) in [6, 6.07) is 30.1. The summed E-state index contributed by atoms with van der Waals surface area (Å²) in [7, 11) is 4.62. The average molecular weight is 507 g/mol. The van der Waals surface area contributed by atoms with Crippen molar-refractivity contribution in [2.75, 3.05) is 27.9 Å². The number of methoxy groups -OCH3 is 3. The van der Waals surface area contributed by atoms with E-state index in [1.54, 1.807) is 14.2 Å². The lowest BCUT2D eigenvalue weighted by Crippen LogP contribution is -2.62. The monoisotopic (exact) mass is 506 g/mol. The van der Waals surface area contributed by atoms with Crippen molar-refractivity contribution >= 4 is 5.97 Å². The minimum absolute atomic E-state index is 0.0762. The van der Waals surface area contributed by atoms with Crippen LogP contribution in [0.15, 0.2) is 91.0 Å². The van der Waals surface area contributed by atoms with Crippen molar-refractivity contribution < 1.29 is 33.2 Å². The highest BCUT2D eigenvalue weighted by atomic mass is 16.7. The molecule has 1 aliphatic rings. The second kappa shape index (κ2) is 12.4. The number of esters is 1. The molecule has 4 rings (SSSR count). The lowest BCUT2D eigenvalue weighted by molar-refractivity contribution is -0.309. The molecule has 0 bridgehead atoms. The molecule has 196 valence electrons. The average Bonchev–Trinajstić information content (AvgIpc) is 2.95. The van der Waals surface area contributed by atoms with Crippen LogP contribution in [0.2, 0.25) is 0 Å². The summed E-state index contributed by atoms with van der Waals surface area (Å²) in [5, 5.41) is 0. The first-order valence-corrected chi connectivity index (χ1v) is 12.3. The van der Waals surface area contributed by atoms with Gasteiger partial charge in [0.15, 0.2) is 12.4 Å². The van der Waals surface area contributed by atoms with Gasteiger partial charge in [-0.1, -0.05) is 91.0 Å². The summed E-state index contributed by atoms with van der Waals surface area (Å²) in [5.74, 6) is -0.452. The second-order valence-electron chi connectivity index (χ2n) is 8.84. The molecule has 0 N–H and O–H groups in total. The van der Waals surface area contributed by atoms with E-state index in [4.69, 9.17) is 28.4 Å². The van der Waals surface area contributed by atoms with E-state index in [0.29, 0.717) is 0 Å². The maximum atomic E-state index is 12.1. The zero-order valence-electron chi connectivity index (χ0n) is 21.6. The maximum Gasteiger partial charge on any atom is 0.303 e. The van der Waals surface area contributed by atoms with Crippen LogP contribution in [0, 0.1) is 0 Å². The van der Waals surface area contributed by atoms with Gasteiger partial charge in [0.2, 0.25) is 0 Å². The quantitative estimate of drug-likeness (QED) is 0.299. The Labute approximate surface area is 218 Å². The van der Waals surface area contributed by atoms with Crippen LogP contribution < -0.4 is 0 Å². The normalized spacial score (nSPS) is 23.9. The Kier molecular flexibility index (Phi) is 9.08. The SMILES string of the molecule is CO[C@H]1O[C@@H](COC(c2ccccc2)(c2ccccc2)c2ccccc2)[C@@H](OC(C)=O)[C@@H](OC)[C@H]1OC. The zero-order valence-corrected chi connectivity index (χ0v) is 21.6. The van der Waals surface area contributed by atoms with E-state index in [1.165, 1.54) is 14.0 Å². The highest BCUT2D eigenvalue weighted by molar-refractivity contribution is 5.66. The minimum Gasteiger partial charge on any atom is -0.457 e. The molecule has 37 heavy (non-hydrogen) atoms. The van der Waals surface area contributed by atoms with Gasteiger partial charge >= 0.3 is 5.97 Å². The molecule has 0 aromatic heterocycles. The molecule has 0 amide bonds. The van der Waals surface area contributed by atoms with E-state index >= 15 is 0 Å². The number of hydrogen-bond acceptors (Lipinski definition) is 7. The summed E-state index contributed by atoms with van der Waals surface area (Å²) in [6.07, 6.45) is -3.44. The fraction of sp³-hybridized carbons (Fsp3) is 0.367. The van der Waals surface area contributed by atoms with E-state index in [9.17, 15) is 4.79 Å². The van der Waals surface area contributed by atoms with Crippen molar-refractivity contribution in [3.63, 3.8) is 0 Å². The Hall–Kier alpha value is -3.07. The molecule has 3 aromatic carbocycles. The maximum absolute atomic E-state index is 12.1. The molecule has 3 aromatic rings. The van der Waals surface area contributed by atoms with E-state index in [1.807, 2.05) is 91.0 Å². The fourth-order valence-electron chi connectivity index (χ4n) is 5.03. The van der Waals surface area contributed by atoms with Gasteiger partial charge in [-0.05, 0) is 16.7 Å². The zero-order chi connectivity index (χ0) is 26.3. The lowest BCUT2D eigenvalue weighted by atomic mass is 9.80. The van der Waals surface area contributed by atoms with Crippen LogP contribution >= 0.6 is 0 Å². The van der Waals surface area contributed by atoms with E-state index in [2.05, 4.69) is 0 Å². The first-order chi connectivity index (χ1) is 18.0. The minimum atomic E-state index is -0.961. The van der Waals surface area contributed by atoms with E-state index in [0.717, 1.165) is 16.7 Å². The largest absolute Gasteiger partial charge is 0.457 e. The molecule has 7 nitrogen and oxygen atoms in total. The summed E-state index contributed by atoms with van der Waals surface area (Å²) in [6.45, 7) is 1.43. The molecule has 0 unspecified atom stereocenters. The third-order valence-corrected chi connectivity index (χ3v) is 6.67. The van der Waals surface area contributed by atoms with Crippen LogP contribution in [-0.2, 0) is 38.8 Å². The van der Waals surface area contributed by atoms with Gasteiger partial charge in [0.05, 0.1) is 6.61 Å². The van der Waals surface area contributed by atoms with E-state index in [-0.39, 0.29) is 6.61 Å². The highest BCUT2D eigenvalue weighted by Gasteiger charge is 2.50. The van der Waals surface area contributed by atoms with Gasteiger partial charge in [0.25, 0.3) is 0 Å². The predicted octanol–water partition coefficient (Wildman–Crippen LogP) is 4.33. The topological polar surface area (TPSA) is 72.5 Å². The molecule has 1 aliphatic heterocycles. The van der Waals surface area contributed by atoms with Crippen molar-refractivity contribution in [3.05, 3.63) is 108 Å². The second-order valence-corrected chi connectivity index (χ2v) is 8.84. The molecule has 0 aliphatic carbocycles. The van der Waals surface area contributed by atoms with Crippen molar-refractivity contribution in [2.45, 2.75) is 43.2 Å². The first-order valence-electron chi connectivity index (χ1n) is 12.3. The van der Waals surface area contributed by atoms with Gasteiger partial charge in [-0.2, -0.15) is 0 Å². The lowest BCUT2D eigenvalue weighted by Gasteiger charge is -2.45.